The maximum Gasteiger partial charge on any atom is 0.192 e. The molecule has 1 saturated heterocycles. The highest BCUT2D eigenvalue weighted by atomic mass is 28.4. The third-order valence-corrected chi connectivity index (χ3v) is 15.6. The van der Waals surface area contributed by atoms with Crippen molar-refractivity contribution in [3.8, 4) is 0 Å². The fourth-order valence-corrected chi connectivity index (χ4v) is 5.47. The number of hydrogen-bond donors (Lipinski definition) is 0. The minimum atomic E-state index is -1.96. The van der Waals surface area contributed by atoms with Crippen molar-refractivity contribution in [1.82, 2.24) is 0 Å². The van der Waals surface area contributed by atoms with Crippen molar-refractivity contribution in [2.24, 2.45) is 0 Å². The predicted molar refractivity (Wildman–Crippen MR) is 122 cm³/mol. The van der Waals surface area contributed by atoms with Gasteiger partial charge in [0.2, 0.25) is 0 Å². The van der Waals surface area contributed by atoms with E-state index in [1.807, 2.05) is 12.2 Å². The Morgan fingerprint density at radius 3 is 1.26 bits per heavy atom. The quantitative estimate of drug-likeness (QED) is 0.328. The van der Waals surface area contributed by atoms with Crippen LogP contribution in [0.4, 0.5) is 0 Å². The van der Waals surface area contributed by atoms with Crippen LogP contribution in [0.3, 0.4) is 0 Å². The summed E-state index contributed by atoms with van der Waals surface area (Å²) in [6, 6.07) is 0. The minimum Gasteiger partial charge on any atom is -0.409 e. The monoisotopic (exact) mass is 412 g/mol. The summed E-state index contributed by atoms with van der Waals surface area (Å²) in [4.78, 5) is 0. The Hall–Kier alpha value is -0.206. The van der Waals surface area contributed by atoms with Gasteiger partial charge in [0.25, 0.3) is 0 Å². The van der Waals surface area contributed by atoms with Gasteiger partial charge in [-0.2, -0.15) is 0 Å². The highest BCUT2D eigenvalue weighted by Crippen LogP contribution is 2.44. The van der Waals surface area contributed by atoms with E-state index < -0.39 is 16.6 Å². The summed E-state index contributed by atoms with van der Waals surface area (Å²) in [7, 11) is -3.92. The van der Waals surface area contributed by atoms with E-state index in [2.05, 4.69) is 80.9 Å². The van der Waals surface area contributed by atoms with Crippen molar-refractivity contribution >= 4 is 16.6 Å². The van der Waals surface area contributed by atoms with Crippen LogP contribution in [-0.4, -0.2) is 41.1 Å². The van der Waals surface area contributed by atoms with Gasteiger partial charge in [0.05, 0.1) is 24.4 Å². The van der Waals surface area contributed by atoms with Gasteiger partial charge >= 0.3 is 0 Å². The molecule has 1 aliphatic heterocycles. The fraction of sp³-hybridized carbons (Fsp3) is 0.818. The van der Waals surface area contributed by atoms with Crippen LogP contribution in [0.15, 0.2) is 25.3 Å². The molecule has 27 heavy (non-hydrogen) atoms. The molecule has 1 heterocycles. The van der Waals surface area contributed by atoms with Crippen molar-refractivity contribution in [3.05, 3.63) is 25.3 Å². The standard InChI is InChI=1S/C22H44O3Si2/c1-13-15-17-19(24-26(9,10)21(3,4)5)20(18(23-17)16-14-2)25-27(11,12)22(6,7)8/h13-14,17-20H,1-2,15-16H2,3-12H3/t17-,18+,19-,20-/m1/s1. The van der Waals surface area contributed by atoms with E-state index in [1.165, 1.54) is 0 Å². The summed E-state index contributed by atoms with van der Waals surface area (Å²) in [5, 5.41) is 0.285. The molecule has 158 valence electrons. The molecule has 0 unspecified atom stereocenters. The van der Waals surface area contributed by atoms with E-state index in [-0.39, 0.29) is 34.5 Å². The molecule has 5 heteroatoms. The highest BCUT2D eigenvalue weighted by Gasteiger charge is 2.52. The molecule has 0 radical (unpaired) electrons. The van der Waals surface area contributed by atoms with Crippen LogP contribution in [0, 0.1) is 0 Å². The smallest absolute Gasteiger partial charge is 0.192 e. The van der Waals surface area contributed by atoms with Gasteiger partial charge in [-0.1, -0.05) is 53.7 Å². The third-order valence-electron chi connectivity index (χ3n) is 6.68. The van der Waals surface area contributed by atoms with Gasteiger partial charge in [-0.25, -0.2) is 0 Å². The van der Waals surface area contributed by atoms with Gasteiger partial charge in [0.15, 0.2) is 16.6 Å². The van der Waals surface area contributed by atoms with E-state index in [4.69, 9.17) is 13.6 Å². The SMILES string of the molecule is C=CC[C@@H]1O[C@H](CC=C)[C@@H](O[Si](C)(C)C(C)(C)C)[C@@H]1O[Si](C)(C)C(C)(C)C. The zero-order valence-electron chi connectivity index (χ0n) is 19.5. The summed E-state index contributed by atoms with van der Waals surface area (Å²) in [6.45, 7) is 30.8. The average molecular weight is 413 g/mol. The molecular weight excluding hydrogens is 368 g/mol. The Labute approximate surface area is 170 Å². The summed E-state index contributed by atoms with van der Waals surface area (Å²) < 4.78 is 20.2. The maximum atomic E-state index is 6.91. The average Bonchev–Trinajstić information content (AvgIpc) is 2.75. The van der Waals surface area contributed by atoms with Crippen molar-refractivity contribution in [3.63, 3.8) is 0 Å². The molecule has 1 aliphatic rings. The molecule has 1 fully saturated rings. The lowest BCUT2D eigenvalue weighted by Crippen LogP contribution is -2.54. The molecule has 0 bridgehead atoms. The first-order valence-electron chi connectivity index (χ1n) is 10.3. The molecule has 0 aromatic rings. The van der Waals surface area contributed by atoms with Crippen molar-refractivity contribution < 1.29 is 13.6 Å². The van der Waals surface area contributed by atoms with Crippen LogP contribution < -0.4 is 0 Å². The van der Waals surface area contributed by atoms with Gasteiger partial charge in [-0.15, -0.1) is 13.2 Å². The third kappa shape index (κ3) is 5.89. The van der Waals surface area contributed by atoms with Crippen molar-refractivity contribution in [2.45, 2.75) is 115 Å². The molecule has 3 nitrogen and oxygen atoms in total. The zero-order valence-corrected chi connectivity index (χ0v) is 21.5. The lowest BCUT2D eigenvalue weighted by atomic mass is 10.0. The predicted octanol–water partition coefficient (Wildman–Crippen LogP) is 6.69. The van der Waals surface area contributed by atoms with Crippen LogP contribution in [-0.2, 0) is 13.6 Å². The lowest BCUT2D eigenvalue weighted by Gasteiger charge is -2.44. The van der Waals surface area contributed by atoms with E-state index in [1.54, 1.807) is 0 Å². The van der Waals surface area contributed by atoms with Gasteiger partial charge in [-0.05, 0) is 49.1 Å². The van der Waals surface area contributed by atoms with Crippen molar-refractivity contribution in [1.29, 1.82) is 0 Å². The second-order valence-corrected chi connectivity index (χ2v) is 20.5. The second-order valence-electron chi connectivity index (χ2n) is 10.9. The molecule has 0 aliphatic carbocycles. The molecule has 0 saturated carbocycles. The fourth-order valence-electron chi connectivity index (χ4n) is 2.83. The number of hydrogen-bond acceptors (Lipinski definition) is 3. The molecule has 1 rings (SSSR count). The molecule has 0 aromatic carbocycles. The van der Waals surface area contributed by atoms with E-state index in [0.29, 0.717) is 0 Å². The van der Waals surface area contributed by atoms with Crippen LogP contribution >= 0.6 is 0 Å². The Kier molecular flexibility index (Phi) is 7.96. The summed E-state index contributed by atoms with van der Waals surface area (Å²) >= 11 is 0. The van der Waals surface area contributed by atoms with Gasteiger partial charge < -0.3 is 13.6 Å². The summed E-state index contributed by atoms with van der Waals surface area (Å²) in [5.41, 5.74) is 0. The van der Waals surface area contributed by atoms with Crippen molar-refractivity contribution in [2.75, 3.05) is 0 Å². The second kappa shape index (κ2) is 8.66. The Balaban J connectivity index is 3.26. The first-order valence-corrected chi connectivity index (χ1v) is 16.1. The van der Waals surface area contributed by atoms with E-state index in [0.717, 1.165) is 12.8 Å². The van der Waals surface area contributed by atoms with E-state index >= 15 is 0 Å². The maximum absolute atomic E-state index is 6.91. The normalized spacial score (nSPS) is 27.6. The molecule has 0 N–H and O–H groups in total. The molecule has 0 amide bonds. The van der Waals surface area contributed by atoms with Gasteiger partial charge in [0, 0.05) is 0 Å². The number of rotatable bonds is 8. The Morgan fingerprint density at radius 2 is 1.04 bits per heavy atom. The first-order chi connectivity index (χ1) is 12.1. The van der Waals surface area contributed by atoms with E-state index in [9.17, 15) is 0 Å². The van der Waals surface area contributed by atoms with Gasteiger partial charge in [-0.3, -0.25) is 0 Å². The van der Waals surface area contributed by atoms with Crippen LogP contribution in [0.5, 0.6) is 0 Å². The highest BCUT2D eigenvalue weighted by molar-refractivity contribution is 6.74. The summed E-state index contributed by atoms with van der Waals surface area (Å²) in [6.07, 6.45) is 5.33. The molecule has 4 atom stereocenters. The lowest BCUT2D eigenvalue weighted by molar-refractivity contribution is 0.0140. The topological polar surface area (TPSA) is 27.7 Å². The van der Waals surface area contributed by atoms with Crippen LogP contribution in [0.2, 0.25) is 36.3 Å². The Bertz CT molecular complexity index is 469. The van der Waals surface area contributed by atoms with Gasteiger partial charge in [0.1, 0.15) is 0 Å². The number of ether oxygens (including phenoxy) is 1. The molecule has 0 spiro atoms. The molecular formula is C22H44O3Si2. The minimum absolute atomic E-state index is 0.00339. The largest absolute Gasteiger partial charge is 0.409 e. The van der Waals surface area contributed by atoms with Crippen LogP contribution in [0.1, 0.15) is 54.4 Å². The Morgan fingerprint density at radius 1 is 0.741 bits per heavy atom. The van der Waals surface area contributed by atoms with Crippen LogP contribution in [0.25, 0.3) is 0 Å². The summed E-state index contributed by atoms with van der Waals surface area (Å²) in [5.74, 6) is 0. The zero-order chi connectivity index (χ0) is 21.3. The first kappa shape index (κ1) is 24.8. The molecule has 0 aromatic heterocycles.